The van der Waals surface area contributed by atoms with Crippen molar-refractivity contribution < 1.29 is 24.2 Å². The number of hydrogen-bond acceptors (Lipinski definition) is 5. The highest BCUT2D eigenvalue weighted by atomic mass is 16.6. The molecule has 0 aliphatic carbocycles. The fraction of sp³-hybridized carbons (Fsp3) is 0.483. The van der Waals surface area contributed by atoms with Gasteiger partial charge >= 0.3 is 6.09 Å². The summed E-state index contributed by atoms with van der Waals surface area (Å²) < 4.78 is 5.38. The Labute approximate surface area is 220 Å². The summed E-state index contributed by atoms with van der Waals surface area (Å²) >= 11 is 0. The number of nitrogens with one attached hydrogen (secondary N) is 2. The number of aryl methyl sites for hydroxylation is 1. The van der Waals surface area contributed by atoms with Crippen molar-refractivity contribution in [3.05, 3.63) is 65.2 Å². The number of ether oxygens (including phenoxy) is 1. The maximum absolute atomic E-state index is 14.0. The van der Waals surface area contributed by atoms with E-state index in [1.165, 1.54) is 4.90 Å². The summed E-state index contributed by atoms with van der Waals surface area (Å²) in [4.78, 5) is 41.7. The number of aromatic hydroxyl groups is 1. The van der Waals surface area contributed by atoms with E-state index in [1.54, 1.807) is 59.7 Å². The molecule has 0 saturated heterocycles. The van der Waals surface area contributed by atoms with Gasteiger partial charge in [-0.15, -0.1) is 0 Å². The summed E-state index contributed by atoms with van der Waals surface area (Å²) in [5.74, 6) is -1.23. The number of phenols is 1. The Morgan fingerprint density at radius 2 is 1.59 bits per heavy atom. The van der Waals surface area contributed by atoms with E-state index in [0.29, 0.717) is 11.1 Å². The Morgan fingerprint density at radius 1 is 0.973 bits per heavy atom. The predicted molar refractivity (Wildman–Crippen MR) is 144 cm³/mol. The van der Waals surface area contributed by atoms with Crippen molar-refractivity contribution >= 4 is 17.9 Å². The Balaban J connectivity index is 2.49. The van der Waals surface area contributed by atoms with Gasteiger partial charge in [0.2, 0.25) is 11.8 Å². The number of nitrogens with zero attached hydrogens (tertiary/aromatic N) is 1. The number of rotatable bonds is 9. The van der Waals surface area contributed by atoms with Gasteiger partial charge in [-0.1, -0.05) is 62.4 Å². The van der Waals surface area contributed by atoms with E-state index >= 15 is 0 Å². The second kappa shape index (κ2) is 12.6. The Bertz CT molecular complexity index is 1080. The van der Waals surface area contributed by atoms with Crippen molar-refractivity contribution in [3.8, 4) is 5.75 Å². The molecule has 3 amide bonds. The van der Waals surface area contributed by atoms with Crippen molar-refractivity contribution in [2.75, 3.05) is 0 Å². The summed E-state index contributed by atoms with van der Waals surface area (Å²) in [6.07, 6.45) is -0.716. The zero-order valence-electron chi connectivity index (χ0n) is 23.2. The van der Waals surface area contributed by atoms with E-state index in [0.717, 1.165) is 5.56 Å². The number of amides is 3. The average molecular weight is 512 g/mol. The zero-order valence-corrected chi connectivity index (χ0v) is 23.2. The van der Waals surface area contributed by atoms with Gasteiger partial charge in [-0.05, 0) is 58.6 Å². The molecule has 8 nitrogen and oxygen atoms in total. The van der Waals surface area contributed by atoms with Gasteiger partial charge in [-0.25, -0.2) is 4.79 Å². The molecule has 3 N–H and O–H groups in total. The van der Waals surface area contributed by atoms with Crippen LogP contribution in [0.2, 0.25) is 0 Å². The first-order valence-corrected chi connectivity index (χ1v) is 12.6. The molecule has 2 aromatic rings. The summed E-state index contributed by atoms with van der Waals surface area (Å²) in [7, 11) is 0. The number of alkyl carbamates (subject to hydrolysis) is 1. The van der Waals surface area contributed by atoms with Crippen LogP contribution in [0.25, 0.3) is 0 Å². The lowest BCUT2D eigenvalue weighted by molar-refractivity contribution is -0.145. The van der Waals surface area contributed by atoms with Gasteiger partial charge in [0.15, 0.2) is 0 Å². The van der Waals surface area contributed by atoms with Gasteiger partial charge in [-0.3, -0.25) is 9.59 Å². The Hall–Kier alpha value is -3.55. The topological polar surface area (TPSA) is 108 Å². The SMILES string of the molecule is Cc1cccc(C(C(=O)NCc2ccccc2)N(C(=O)C(NC(=O)OC(C)(C)C)C(C)C)C(C)C)c1O. The van der Waals surface area contributed by atoms with Crippen LogP contribution in [0.15, 0.2) is 48.5 Å². The summed E-state index contributed by atoms with van der Waals surface area (Å²) in [5, 5.41) is 16.5. The van der Waals surface area contributed by atoms with Crippen LogP contribution in [0.5, 0.6) is 5.75 Å². The molecule has 2 aromatic carbocycles. The van der Waals surface area contributed by atoms with E-state index in [-0.39, 0.29) is 18.2 Å². The molecule has 8 heteroatoms. The Kier molecular flexibility index (Phi) is 10.1. The molecule has 0 fully saturated rings. The van der Waals surface area contributed by atoms with Crippen LogP contribution < -0.4 is 10.6 Å². The first kappa shape index (κ1) is 29.7. The van der Waals surface area contributed by atoms with Crippen molar-refractivity contribution in [1.82, 2.24) is 15.5 Å². The number of carbonyl (C=O) groups excluding carboxylic acids is 3. The third-order valence-electron chi connectivity index (χ3n) is 5.82. The molecule has 37 heavy (non-hydrogen) atoms. The molecule has 2 unspecified atom stereocenters. The number of hydrogen-bond donors (Lipinski definition) is 3. The van der Waals surface area contributed by atoms with Crippen LogP contribution in [-0.4, -0.2) is 45.6 Å². The third-order valence-corrected chi connectivity index (χ3v) is 5.82. The van der Waals surface area contributed by atoms with Crippen LogP contribution in [0.4, 0.5) is 4.79 Å². The minimum atomic E-state index is -1.13. The molecular weight excluding hydrogens is 470 g/mol. The molecule has 0 bridgehead atoms. The molecule has 0 heterocycles. The van der Waals surface area contributed by atoms with Gasteiger partial charge in [0.1, 0.15) is 23.4 Å². The monoisotopic (exact) mass is 511 g/mol. The molecule has 0 saturated carbocycles. The minimum Gasteiger partial charge on any atom is -0.507 e. The molecule has 0 radical (unpaired) electrons. The van der Waals surface area contributed by atoms with Crippen molar-refractivity contribution in [1.29, 1.82) is 0 Å². The predicted octanol–water partition coefficient (Wildman–Crippen LogP) is 4.84. The highest BCUT2D eigenvalue weighted by Crippen LogP contribution is 2.33. The largest absolute Gasteiger partial charge is 0.507 e. The molecule has 0 aromatic heterocycles. The molecule has 0 aliphatic rings. The molecule has 0 aliphatic heterocycles. The maximum atomic E-state index is 14.0. The molecule has 202 valence electrons. The number of phenolic OH excluding ortho intramolecular Hbond substituents is 1. The summed E-state index contributed by atoms with van der Waals surface area (Å²) in [5.41, 5.74) is 1.06. The molecule has 0 spiro atoms. The fourth-order valence-electron chi connectivity index (χ4n) is 3.99. The first-order chi connectivity index (χ1) is 17.2. The van der Waals surface area contributed by atoms with Crippen LogP contribution in [-0.2, 0) is 20.9 Å². The van der Waals surface area contributed by atoms with E-state index < -0.39 is 41.6 Å². The number of benzene rings is 2. The van der Waals surface area contributed by atoms with Crippen molar-refractivity contribution in [3.63, 3.8) is 0 Å². The number of carbonyl (C=O) groups is 3. The highest BCUT2D eigenvalue weighted by Gasteiger charge is 2.40. The quantitative estimate of drug-likeness (QED) is 0.446. The molecule has 2 atom stereocenters. The molecular formula is C29H41N3O5. The minimum absolute atomic E-state index is 0.0537. The second-order valence-corrected chi connectivity index (χ2v) is 10.8. The van der Waals surface area contributed by atoms with Crippen molar-refractivity contribution in [2.24, 2.45) is 5.92 Å². The third kappa shape index (κ3) is 8.23. The Morgan fingerprint density at radius 3 is 2.14 bits per heavy atom. The van der Waals surface area contributed by atoms with Gasteiger partial charge in [0.05, 0.1) is 0 Å². The first-order valence-electron chi connectivity index (χ1n) is 12.6. The standard InChI is InChI=1S/C29H41N3O5/c1-18(2)23(31-28(36)37-29(6,7)8)27(35)32(19(3)4)24(22-16-12-13-20(5)25(22)33)26(34)30-17-21-14-10-9-11-15-21/h9-16,18-19,23-24,33H,17H2,1-8H3,(H,30,34)(H,31,36). The number of para-hydroxylation sites is 1. The summed E-state index contributed by atoms with van der Waals surface area (Å²) in [6.45, 7) is 14.4. The van der Waals surface area contributed by atoms with Crippen LogP contribution >= 0.6 is 0 Å². The van der Waals surface area contributed by atoms with E-state index in [1.807, 2.05) is 44.2 Å². The smallest absolute Gasteiger partial charge is 0.408 e. The summed E-state index contributed by atoms with van der Waals surface area (Å²) in [6, 6.07) is 12.0. The van der Waals surface area contributed by atoms with Gasteiger partial charge < -0.3 is 25.4 Å². The lowest BCUT2D eigenvalue weighted by Crippen LogP contribution is -2.56. The lowest BCUT2D eigenvalue weighted by Gasteiger charge is -2.38. The van der Waals surface area contributed by atoms with Gasteiger partial charge in [0.25, 0.3) is 0 Å². The van der Waals surface area contributed by atoms with Crippen LogP contribution in [0.3, 0.4) is 0 Å². The maximum Gasteiger partial charge on any atom is 0.408 e. The zero-order chi connectivity index (χ0) is 27.9. The molecule has 2 rings (SSSR count). The normalized spacial score (nSPS) is 13.1. The van der Waals surface area contributed by atoms with Crippen LogP contribution in [0.1, 0.15) is 71.2 Å². The van der Waals surface area contributed by atoms with E-state index in [2.05, 4.69) is 10.6 Å². The fourth-order valence-corrected chi connectivity index (χ4v) is 3.99. The second-order valence-electron chi connectivity index (χ2n) is 10.8. The van der Waals surface area contributed by atoms with Crippen molar-refractivity contribution in [2.45, 2.75) is 85.7 Å². The highest BCUT2D eigenvalue weighted by molar-refractivity contribution is 5.93. The van der Waals surface area contributed by atoms with Gasteiger partial charge in [-0.2, -0.15) is 0 Å². The van der Waals surface area contributed by atoms with Gasteiger partial charge in [0, 0.05) is 18.2 Å². The van der Waals surface area contributed by atoms with E-state index in [9.17, 15) is 19.5 Å². The van der Waals surface area contributed by atoms with Crippen LogP contribution in [0, 0.1) is 12.8 Å². The average Bonchev–Trinajstić information content (AvgIpc) is 2.80. The van der Waals surface area contributed by atoms with E-state index in [4.69, 9.17) is 4.74 Å². The lowest BCUT2D eigenvalue weighted by atomic mass is 9.96.